The van der Waals surface area contributed by atoms with E-state index in [0.717, 1.165) is 24.2 Å². The van der Waals surface area contributed by atoms with E-state index in [-0.39, 0.29) is 6.61 Å². The van der Waals surface area contributed by atoms with Crippen LogP contribution in [0.3, 0.4) is 0 Å². The summed E-state index contributed by atoms with van der Waals surface area (Å²) in [7, 11) is 0. The van der Waals surface area contributed by atoms with Gasteiger partial charge in [0.2, 0.25) is 0 Å². The molecule has 4 heteroatoms. The van der Waals surface area contributed by atoms with Gasteiger partial charge in [-0.15, -0.1) is 0 Å². The number of aryl methyl sites for hydroxylation is 3. The van der Waals surface area contributed by atoms with Crippen molar-refractivity contribution in [2.45, 2.75) is 39.2 Å². The number of imidazole rings is 1. The molecule has 0 aromatic carbocycles. The van der Waals surface area contributed by atoms with E-state index in [0.29, 0.717) is 6.54 Å². The minimum atomic E-state index is 0.156. The fourth-order valence-electron chi connectivity index (χ4n) is 2.79. The molecule has 2 aromatic rings. The van der Waals surface area contributed by atoms with E-state index in [9.17, 15) is 0 Å². The highest BCUT2D eigenvalue weighted by molar-refractivity contribution is 5.80. The molecule has 3 rings (SSSR count). The Bertz CT molecular complexity index is 559. The summed E-state index contributed by atoms with van der Waals surface area (Å²) in [5, 5.41) is 9.16. The fourth-order valence-corrected chi connectivity index (χ4v) is 2.79. The Kier molecular flexibility index (Phi) is 2.59. The molecule has 2 heterocycles. The van der Waals surface area contributed by atoms with Crippen LogP contribution < -0.4 is 0 Å². The lowest BCUT2D eigenvalue weighted by molar-refractivity contribution is 0.276. The van der Waals surface area contributed by atoms with Crippen molar-refractivity contribution >= 4 is 11.0 Å². The van der Waals surface area contributed by atoms with E-state index in [1.54, 1.807) is 0 Å². The van der Waals surface area contributed by atoms with Gasteiger partial charge in [-0.25, -0.2) is 4.98 Å². The Hall–Kier alpha value is -1.42. The summed E-state index contributed by atoms with van der Waals surface area (Å²) in [6.45, 7) is 2.77. The van der Waals surface area contributed by atoms with Gasteiger partial charge < -0.3 is 9.67 Å². The third-order valence-corrected chi connectivity index (χ3v) is 3.58. The van der Waals surface area contributed by atoms with E-state index in [2.05, 4.69) is 14.5 Å². The molecule has 0 radical (unpaired) electrons. The van der Waals surface area contributed by atoms with Crippen LogP contribution in [0.5, 0.6) is 0 Å². The lowest BCUT2D eigenvalue weighted by Crippen LogP contribution is -2.10. The first-order valence-electron chi connectivity index (χ1n) is 6.25. The zero-order valence-corrected chi connectivity index (χ0v) is 10.1. The zero-order valence-electron chi connectivity index (χ0n) is 10.1. The Balaban J connectivity index is 2.28. The molecule has 0 saturated heterocycles. The summed E-state index contributed by atoms with van der Waals surface area (Å²) in [5.41, 5.74) is 4.74. The predicted molar refractivity (Wildman–Crippen MR) is 66.0 cm³/mol. The van der Waals surface area contributed by atoms with Crippen LogP contribution in [0.1, 0.15) is 29.9 Å². The van der Waals surface area contributed by atoms with E-state index in [1.807, 2.05) is 13.1 Å². The average molecular weight is 231 g/mol. The number of hydrogen-bond acceptors (Lipinski definition) is 3. The van der Waals surface area contributed by atoms with Gasteiger partial charge in [0.25, 0.3) is 0 Å². The van der Waals surface area contributed by atoms with Gasteiger partial charge in [-0.05, 0) is 38.2 Å². The molecular formula is C13H17N3O. The van der Waals surface area contributed by atoms with Gasteiger partial charge >= 0.3 is 0 Å². The number of fused-ring (bicyclic) bond motifs is 3. The molecule has 0 atom stereocenters. The average Bonchev–Trinajstić information content (AvgIpc) is 2.67. The Morgan fingerprint density at radius 3 is 3.00 bits per heavy atom. The topological polar surface area (TPSA) is 50.9 Å². The van der Waals surface area contributed by atoms with E-state index < -0.39 is 0 Å². The maximum Gasteiger partial charge on any atom is 0.107 e. The molecule has 0 fully saturated rings. The summed E-state index contributed by atoms with van der Waals surface area (Å²) in [6.07, 6.45) is 6.51. The van der Waals surface area contributed by atoms with Crippen molar-refractivity contribution in [3.63, 3.8) is 0 Å². The van der Waals surface area contributed by atoms with Gasteiger partial charge in [-0.1, -0.05) is 0 Å². The number of aromatic nitrogens is 3. The lowest BCUT2D eigenvalue weighted by Gasteiger charge is -2.16. The highest BCUT2D eigenvalue weighted by atomic mass is 16.3. The van der Waals surface area contributed by atoms with Crippen molar-refractivity contribution in [3.8, 4) is 0 Å². The van der Waals surface area contributed by atoms with Crippen LogP contribution >= 0.6 is 0 Å². The number of rotatable bonds is 2. The lowest BCUT2D eigenvalue weighted by atomic mass is 9.95. The van der Waals surface area contributed by atoms with E-state index >= 15 is 0 Å². The molecule has 1 aliphatic rings. The molecule has 4 nitrogen and oxygen atoms in total. The molecule has 0 bridgehead atoms. The van der Waals surface area contributed by atoms with Crippen molar-refractivity contribution in [1.82, 2.24) is 14.5 Å². The summed E-state index contributed by atoms with van der Waals surface area (Å²) >= 11 is 0. The molecule has 0 spiro atoms. The van der Waals surface area contributed by atoms with Crippen molar-refractivity contribution < 1.29 is 5.11 Å². The van der Waals surface area contributed by atoms with Crippen molar-refractivity contribution in [3.05, 3.63) is 23.3 Å². The predicted octanol–water partition coefficient (Wildman–Crippen LogP) is 1.61. The first-order valence-corrected chi connectivity index (χ1v) is 6.25. The van der Waals surface area contributed by atoms with Gasteiger partial charge in [0.05, 0.1) is 18.3 Å². The number of nitrogens with zero attached hydrogens (tertiary/aromatic N) is 3. The third kappa shape index (κ3) is 1.63. The Morgan fingerprint density at radius 1 is 1.35 bits per heavy atom. The number of hydrogen-bond donors (Lipinski definition) is 1. The largest absolute Gasteiger partial charge is 0.395 e. The van der Waals surface area contributed by atoms with Crippen LogP contribution in [0.25, 0.3) is 11.0 Å². The molecule has 0 saturated carbocycles. The smallest absolute Gasteiger partial charge is 0.107 e. The summed E-state index contributed by atoms with van der Waals surface area (Å²) < 4.78 is 2.13. The molecule has 0 aliphatic heterocycles. The molecule has 1 aliphatic carbocycles. The zero-order chi connectivity index (χ0) is 11.8. The number of pyridine rings is 1. The minimum Gasteiger partial charge on any atom is -0.395 e. The molecule has 0 amide bonds. The van der Waals surface area contributed by atoms with Gasteiger partial charge in [0, 0.05) is 12.2 Å². The van der Waals surface area contributed by atoms with Crippen molar-refractivity contribution in [2.75, 3.05) is 6.61 Å². The standard InChI is InChI=1S/C13H17N3O/c1-9-15-12-8-14-11-5-3-2-4-10(11)13(12)16(9)6-7-17/h8,17H,2-7H2,1H3. The van der Waals surface area contributed by atoms with Crippen LogP contribution in [-0.4, -0.2) is 26.2 Å². The highest BCUT2D eigenvalue weighted by Crippen LogP contribution is 2.27. The van der Waals surface area contributed by atoms with Crippen LogP contribution in [-0.2, 0) is 19.4 Å². The second-order valence-electron chi connectivity index (χ2n) is 4.66. The first kappa shape index (κ1) is 10.7. The minimum absolute atomic E-state index is 0.156. The van der Waals surface area contributed by atoms with Crippen molar-refractivity contribution in [2.24, 2.45) is 0 Å². The van der Waals surface area contributed by atoms with Crippen LogP contribution in [0.15, 0.2) is 6.20 Å². The fraction of sp³-hybridized carbons (Fsp3) is 0.538. The second-order valence-corrected chi connectivity index (χ2v) is 4.66. The van der Waals surface area contributed by atoms with Crippen LogP contribution in [0, 0.1) is 6.92 Å². The SMILES string of the molecule is Cc1nc2cnc3c(c2n1CCO)CCCC3. The molecule has 1 N–H and O–H groups in total. The van der Waals surface area contributed by atoms with Crippen LogP contribution in [0.2, 0.25) is 0 Å². The Morgan fingerprint density at radius 2 is 2.18 bits per heavy atom. The second kappa shape index (κ2) is 4.11. The monoisotopic (exact) mass is 231 g/mol. The molecular weight excluding hydrogens is 214 g/mol. The molecule has 90 valence electrons. The van der Waals surface area contributed by atoms with E-state index in [4.69, 9.17) is 5.11 Å². The number of aliphatic hydroxyl groups is 1. The normalized spacial score (nSPS) is 15.2. The molecule has 0 unspecified atom stereocenters. The molecule has 2 aromatic heterocycles. The van der Waals surface area contributed by atoms with Crippen molar-refractivity contribution in [1.29, 1.82) is 0 Å². The third-order valence-electron chi connectivity index (χ3n) is 3.58. The first-order chi connectivity index (χ1) is 8.31. The maximum atomic E-state index is 9.16. The quantitative estimate of drug-likeness (QED) is 0.854. The number of aliphatic hydroxyl groups excluding tert-OH is 1. The van der Waals surface area contributed by atoms with Crippen LogP contribution in [0.4, 0.5) is 0 Å². The van der Waals surface area contributed by atoms with Gasteiger partial charge in [0.1, 0.15) is 11.3 Å². The summed E-state index contributed by atoms with van der Waals surface area (Å²) in [5.74, 6) is 0.967. The highest BCUT2D eigenvalue weighted by Gasteiger charge is 2.18. The molecule has 17 heavy (non-hydrogen) atoms. The van der Waals surface area contributed by atoms with Gasteiger partial charge in [0.15, 0.2) is 0 Å². The maximum absolute atomic E-state index is 9.16. The summed E-state index contributed by atoms with van der Waals surface area (Å²) in [6, 6.07) is 0. The van der Waals surface area contributed by atoms with Gasteiger partial charge in [-0.3, -0.25) is 4.98 Å². The Labute approximate surface area is 100 Å². The van der Waals surface area contributed by atoms with Gasteiger partial charge in [-0.2, -0.15) is 0 Å². The van der Waals surface area contributed by atoms with E-state index in [1.165, 1.54) is 29.6 Å². The summed E-state index contributed by atoms with van der Waals surface area (Å²) in [4.78, 5) is 9.05.